The Hall–Kier alpha value is -0.610. The van der Waals surface area contributed by atoms with Crippen molar-refractivity contribution in [2.45, 2.75) is 25.9 Å². The highest BCUT2D eigenvalue weighted by Crippen LogP contribution is 1.98. The lowest BCUT2D eigenvalue weighted by molar-refractivity contribution is -0.121. The molecule has 10 heavy (non-hydrogen) atoms. The van der Waals surface area contributed by atoms with E-state index in [4.69, 9.17) is 10.6 Å². The van der Waals surface area contributed by atoms with Crippen LogP contribution in [0.3, 0.4) is 0 Å². The van der Waals surface area contributed by atoms with Crippen molar-refractivity contribution >= 4 is 5.91 Å². The highest BCUT2D eigenvalue weighted by Gasteiger charge is 2.02. The third-order valence-corrected chi connectivity index (χ3v) is 1.34. The molecule has 0 aromatic heterocycles. The van der Waals surface area contributed by atoms with Crippen molar-refractivity contribution in [1.82, 2.24) is 5.43 Å². The molecule has 0 spiro atoms. The highest BCUT2D eigenvalue weighted by molar-refractivity contribution is 5.75. The topological polar surface area (TPSA) is 64.3 Å². The summed E-state index contributed by atoms with van der Waals surface area (Å²) in [6, 6.07) is 0. The van der Waals surface area contributed by atoms with E-state index in [9.17, 15) is 4.79 Å². The van der Waals surface area contributed by atoms with Crippen molar-refractivity contribution in [2.75, 3.05) is 7.11 Å². The molecular formula is C6H14N2O2. The summed E-state index contributed by atoms with van der Waals surface area (Å²) < 4.78 is 4.92. The summed E-state index contributed by atoms with van der Waals surface area (Å²) in [6.45, 7) is 1.91. The number of nitrogens with two attached hydrogens (primary N) is 1. The van der Waals surface area contributed by atoms with Crippen molar-refractivity contribution in [3.05, 3.63) is 0 Å². The largest absolute Gasteiger partial charge is 0.382 e. The van der Waals surface area contributed by atoms with Crippen LogP contribution in [0.25, 0.3) is 0 Å². The fraction of sp³-hybridized carbons (Fsp3) is 0.833. The fourth-order valence-corrected chi connectivity index (χ4v) is 0.524. The van der Waals surface area contributed by atoms with Gasteiger partial charge in [-0.25, -0.2) is 5.84 Å². The maximum atomic E-state index is 10.5. The van der Waals surface area contributed by atoms with E-state index in [-0.39, 0.29) is 12.0 Å². The third-order valence-electron chi connectivity index (χ3n) is 1.34. The van der Waals surface area contributed by atoms with E-state index in [0.29, 0.717) is 12.8 Å². The summed E-state index contributed by atoms with van der Waals surface area (Å²) >= 11 is 0. The summed E-state index contributed by atoms with van der Waals surface area (Å²) in [4.78, 5) is 10.5. The Morgan fingerprint density at radius 2 is 2.40 bits per heavy atom. The van der Waals surface area contributed by atoms with E-state index in [1.165, 1.54) is 0 Å². The number of rotatable bonds is 4. The number of ether oxygens (including phenoxy) is 1. The molecule has 0 rings (SSSR count). The first-order chi connectivity index (χ1) is 4.70. The molecule has 1 unspecified atom stereocenters. The summed E-state index contributed by atoms with van der Waals surface area (Å²) in [6.07, 6.45) is 1.25. The second-order valence-corrected chi connectivity index (χ2v) is 2.15. The van der Waals surface area contributed by atoms with Crippen molar-refractivity contribution in [1.29, 1.82) is 0 Å². The monoisotopic (exact) mass is 146 g/mol. The SMILES string of the molecule is COC(C)CCC(=O)NN. The summed E-state index contributed by atoms with van der Waals surface area (Å²) in [5.41, 5.74) is 2.05. The predicted octanol–water partition coefficient (Wildman–Crippen LogP) is -0.209. The quantitative estimate of drug-likeness (QED) is 0.328. The van der Waals surface area contributed by atoms with Gasteiger partial charge in [0.2, 0.25) is 5.91 Å². The van der Waals surface area contributed by atoms with Crippen LogP contribution in [0.2, 0.25) is 0 Å². The maximum Gasteiger partial charge on any atom is 0.233 e. The summed E-state index contributed by atoms with van der Waals surface area (Å²) in [5.74, 6) is 4.71. The normalized spacial score (nSPS) is 12.7. The highest BCUT2D eigenvalue weighted by atomic mass is 16.5. The Bertz CT molecular complexity index is 106. The summed E-state index contributed by atoms with van der Waals surface area (Å²) in [5, 5.41) is 0. The van der Waals surface area contributed by atoms with E-state index >= 15 is 0 Å². The van der Waals surface area contributed by atoms with E-state index in [2.05, 4.69) is 0 Å². The first-order valence-corrected chi connectivity index (χ1v) is 3.23. The molecule has 1 amide bonds. The second kappa shape index (κ2) is 5.20. The van der Waals surface area contributed by atoms with Gasteiger partial charge in [-0.2, -0.15) is 0 Å². The van der Waals surface area contributed by atoms with Gasteiger partial charge >= 0.3 is 0 Å². The lowest BCUT2D eigenvalue weighted by Crippen LogP contribution is -2.30. The Balaban J connectivity index is 3.26. The predicted molar refractivity (Wildman–Crippen MR) is 38.0 cm³/mol. The average Bonchev–Trinajstić information content (AvgIpc) is 1.99. The smallest absolute Gasteiger partial charge is 0.233 e. The minimum Gasteiger partial charge on any atom is -0.382 e. The third kappa shape index (κ3) is 4.29. The van der Waals surface area contributed by atoms with Crippen LogP contribution in [0, 0.1) is 0 Å². The van der Waals surface area contributed by atoms with Crippen LogP contribution < -0.4 is 11.3 Å². The molecular weight excluding hydrogens is 132 g/mol. The molecule has 4 heteroatoms. The van der Waals surface area contributed by atoms with Crippen LogP contribution in [-0.4, -0.2) is 19.1 Å². The number of methoxy groups -OCH3 is 1. The van der Waals surface area contributed by atoms with Gasteiger partial charge in [-0.05, 0) is 13.3 Å². The zero-order valence-corrected chi connectivity index (χ0v) is 6.39. The van der Waals surface area contributed by atoms with E-state index in [0.717, 1.165) is 0 Å². The Morgan fingerprint density at radius 3 is 2.80 bits per heavy atom. The lowest BCUT2D eigenvalue weighted by atomic mass is 10.2. The lowest BCUT2D eigenvalue weighted by Gasteiger charge is -2.06. The summed E-state index contributed by atoms with van der Waals surface area (Å²) in [7, 11) is 1.62. The molecule has 3 N–H and O–H groups in total. The number of carbonyl (C=O) groups excluding carboxylic acids is 1. The Kier molecular flexibility index (Phi) is 4.88. The molecule has 0 heterocycles. The first kappa shape index (κ1) is 9.39. The fourth-order valence-electron chi connectivity index (χ4n) is 0.524. The minimum atomic E-state index is -0.149. The van der Waals surface area contributed by atoms with Gasteiger partial charge in [0, 0.05) is 13.5 Å². The number of amides is 1. The number of hydrogen-bond acceptors (Lipinski definition) is 3. The molecule has 0 aromatic carbocycles. The van der Waals surface area contributed by atoms with Crippen LogP contribution >= 0.6 is 0 Å². The molecule has 0 aliphatic carbocycles. The van der Waals surface area contributed by atoms with Crippen molar-refractivity contribution in [3.8, 4) is 0 Å². The molecule has 0 aliphatic heterocycles. The van der Waals surface area contributed by atoms with E-state index in [1.807, 2.05) is 12.3 Å². The maximum absolute atomic E-state index is 10.5. The first-order valence-electron chi connectivity index (χ1n) is 3.23. The van der Waals surface area contributed by atoms with E-state index in [1.54, 1.807) is 7.11 Å². The molecule has 4 nitrogen and oxygen atoms in total. The van der Waals surface area contributed by atoms with Crippen LogP contribution in [0.15, 0.2) is 0 Å². The standard InChI is InChI=1S/C6H14N2O2/c1-5(10-2)3-4-6(9)8-7/h5H,3-4,7H2,1-2H3,(H,8,9). The number of hydrogen-bond donors (Lipinski definition) is 2. The number of hydrazine groups is 1. The van der Waals surface area contributed by atoms with Crippen molar-refractivity contribution in [3.63, 3.8) is 0 Å². The molecule has 0 aromatic rings. The van der Waals surface area contributed by atoms with Gasteiger partial charge in [0.15, 0.2) is 0 Å². The molecule has 0 saturated carbocycles. The van der Waals surface area contributed by atoms with Gasteiger partial charge in [0.05, 0.1) is 6.10 Å². The van der Waals surface area contributed by atoms with Crippen LogP contribution in [0.4, 0.5) is 0 Å². The van der Waals surface area contributed by atoms with Crippen molar-refractivity contribution < 1.29 is 9.53 Å². The van der Waals surface area contributed by atoms with Crippen LogP contribution in [0.1, 0.15) is 19.8 Å². The number of carbonyl (C=O) groups is 1. The van der Waals surface area contributed by atoms with Gasteiger partial charge in [0.1, 0.15) is 0 Å². The molecule has 0 fully saturated rings. The number of nitrogens with one attached hydrogen (secondary N) is 1. The van der Waals surface area contributed by atoms with Gasteiger partial charge in [-0.1, -0.05) is 0 Å². The van der Waals surface area contributed by atoms with Gasteiger partial charge in [-0.3, -0.25) is 10.2 Å². The minimum absolute atomic E-state index is 0.122. The molecule has 0 aliphatic rings. The average molecular weight is 146 g/mol. The molecule has 0 saturated heterocycles. The molecule has 60 valence electrons. The van der Waals surface area contributed by atoms with Crippen molar-refractivity contribution in [2.24, 2.45) is 5.84 Å². The Morgan fingerprint density at radius 1 is 1.80 bits per heavy atom. The molecule has 1 atom stereocenters. The molecule has 0 radical (unpaired) electrons. The van der Waals surface area contributed by atoms with Gasteiger partial charge < -0.3 is 4.74 Å². The molecule has 0 bridgehead atoms. The van der Waals surface area contributed by atoms with Gasteiger partial charge in [0.25, 0.3) is 0 Å². The zero-order chi connectivity index (χ0) is 7.98. The van der Waals surface area contributed by atoms with Crippen LogP contribution in [-0.2, 0) is 9.53 Å². The Labute approximate surface area is 60.7 Å². The van der Waals surface area contributed by atoms with Gasteiger partial charge in [-0.15, -0.1) is 0 Å². The second-order valence-electron chi connectivity index (χ2n) is 2.15. The zero-order valence-electron chi connectivity index (χ0n) is 6.39. The van der Waals surface area contributed by atoms with E-state index < -0.39 is 0 Å². The van der Waals surface area contributed by atoms with Crippen LogP contribution in [0.5, 0.6) is 0 Å².